The van der Waals surface area contributed by atoms with Gasteiger partial charge in [0.2, 0.25) is 0 Å². The van der Waals surface area contributed by atoms with Crippen molar-refractivity contribution in [2.75, 3.05) is 6.51 Å². The molecular formula is C17H27BF3KO. The fourth-order valence-electron chi connectivity index (χ4n) is 2.18. The minimum Gasteiger partial charge on any atom is -0.521 e. The monoisotopic (exact) mass is 354 g/mol. The molecule has 0 aliphatic heterocycles. The zero-order chi connectivity index (χ0) is 17.2. The summed E-state index contributed by atoms with van der Waals surface area (Å²) in [5, 5.41) is 0. The first-order chi connectivity index (χ1) is 9.93. The van der Waals surface area contributed by atoms with E-state index in [2.05, 4.69) is 20.8 Å². The number of benzene rings is 1. The van der Waals surface area contributed by atoms with Gasteiger partial charge in [0, 0.05) is 0 Å². The van der Waals surface area contributed by atoms with Crippen molar-refractivity contribution in [2.24, 2.45) is 0 Å². The van der Waals surface area contributed by atoms with Gasteiger partial charge in [-0.1, -0.05) is 53.7 Å². The predicted octanol–water partition coefficient (Wildman–Crippen LogP) is 2.83. The maximum absolute atomic E-state index is 12.5. The molecule has 0 amide bonds. The summed E-state index contributed by atoms with van der Waals surface area (Å²) in [5.41, 5.74) is 1.75. The van der Waals surface area contributed by atoms with Crippen LogP contribution in [0.3, 0.4) is 0 Å². The fourth-order valence-corrected chi connectivity index (χ4v) is 2.18. The summed E-state index contributed by atoms with van der Waals surface area (Å²) < 4.78 is 42.6. The van der Waals surface area contributed by atoms with Crippen LogP contribution < -0.4 is 56.1 Å². The molecule has 1 aromatic rings. The topological polar surface area (TPSA) is 9.23 Å². The molecule has 6 heteroatoms. The van der Waals surface area contributed by atoms with Crippen LogP contribution in [0.15, 0.2) is 18.2 Å². The van der Waals surface area contributed by atoms with Crippen LogP contribution in [0.5, 0.6) is 5.75 Å². The molecule has 0 aromatic heterocycles. The van der Waals surface area contributed by atoms with Gasteiger partial charge in [-0.2, -0.15) is 0 Å². The second kappa shape index (κ2) is 8.75. The second-order valence-electron chi connectivity index (χ2n) is 7.21. The van der Waals surface area contributed by atoms with Crippen molar-refractivity contribution in [1.82, 2.24) is 0 Å². The molecule has 0 saturated carbocycles. The maximum atomic E-state index is 12.5. The Kier molecular flexibility index (Phi) is 8.94. The van der Waals surface area contributed by atoms with Crippen molar-refractivity contribution in [2.45, 2.75) is 65.2 Å². The van der Waals surface area contributed by atoms with Crippen molar-refractivity contribution >= 4 is 6.98 Å². The van der Waals surface area contributed by atoms with E-state index in [0.29, 0.717) is 5.75 Å². The summed E-state index contributed by atoms with van der Waals surface area (Å²) in [6.07, 6.45) is 1.79. The summed E-state index contributed by atoms with van der Waals surface area (Å²) in [6.45, 7) is 6.37. The Morgan fingerprint density at radius 3 is 1.91 bits per heavy atom. The second-order valence-corrected chi connectivity index (χ2v) is 7.21. The molecule has 0 unspecified atom stereocenters. The summed E-state index contributed by atoms with van der Waals surface area (Å²) >= 11 is 0. The summed E-state index contributed by atoms with van der Waals surface area (Å²) in [6, 6.07) is 5.60. The SMILES string of the molecule is CCC(C)(C)c1ccc(OC[B-](F)(F)F)c(C(C)(C)CC)c1.[K+]. The van der Waals surface area contributed by atoms with Gasteiger partial charge in [0.05, 0.1) is 6.51 Å². The number of rotatable bonds is 7. The third-order valence-corrected chi connectivity index (χ3v) is 4.69. The minimum absolute atomic E-state index is 0. The molecule has 0 atom stereocenters. The summed E-state index contributed by atoms with van der Waals surface area (Å²) in [7, 11) is 0. The van der Waals surface area contributed by atoms with Gasteiger partial charge in [-0.15, -0.1) is 0 Å². The Labute approximate surface area is 181 Å². The molecule has 0 aliphatic rings. The Bertz CT molecular complexity index is 513. The largest absolute Gasteiger partial charge is 1.00 e. The van der Waals surface area contributed by atoms with Crippen molar-refractivity contribution in [3.8, 4) is 5.75 Å². The molecule has 1 rings (SSSR count). The molecule has 0 heterocycles. The molecule has 23 heavy (non-hydrogen) atoms. The number of ether oxygens (including phenoxy) is 1. The normalized spacial score (nSPS) is 12.7. The van der Waals surface area contributed by atoms with Crippen LogP contribution in [0.25, 0.3) is 0 Å². The smallest absolute Gasteiger partial charge is 0.521 e. The van der Waals surface area contributed by atoms with Crippen LogP contribution in [0.4, 0.5) is 12.9 Å². The van der Waals surface area contributed by atoms with Crippen molar-refractivity contribution in [3.63, 3.8) is 0 Å². The average Bonchev–Trinajstić information content (AvgIpc) is 2.44. The summed E-state index contributed by atoms with van der Waals surface area (Å²) in [5.74, 6) is 0.349. The summed E-state index contributed by atoms with van der Waals surface area (Å²) in [4.78, 5) is 0. The van der Waals surface area contributed by atoms with Crippen LogP contribution in [-0.4, -0.2) is 13.5 Å². The Balaban J connectivity index is 0.00000484. The van der Waals surface area contributed by atoms with Crippen LogP contribution in [0.2, 0.25) is 0 Å². The van der Waals surface area contributed by atoms with Gasteiger partial charge in [0.25, 0.3) is 0 Å². The van der Waals surface area contributed by atoms with Gasteiger partial charge in [0.15, 0.2) is 0 Å². The molecule has 0 aliphatic carbocycles. The third-order valence-electron chi connectivity index (χ3n) is 4.69. The Morgan fingerprint density at radius 2 is 1.48 bits per heavy atom. The van der Waals surface area contributed by atoms with Gasteiger partial charge in [-0.3, -0.25) is 0 Å². The van der Waals surface area contributed by atoms with E-state index >= 15 is 0 Å². The van der Waals surface area contributed by atoms with E-state index in [9.17, 15) is 12.9 Å². The Hall–Kier alpha value is 0.511. The van der Waals surface area contributed by atoms with Gasteiger partial charge in [-0.25, -0.2) is 0 Å². The molecule has 0 N–H and O–H groups in total. The van der Waals surface area contributed by atoms with E-state index in [1.54, 1.807) is 6.07 Å². The van der Waals surface area contributed by atoms with E-state index in [4.69, 9.17) is 4.74 Å². The molecule has 0 radical (unpaired) electrons. The first-order valence-electron chi connectivity index (χ1n) is 7.92. The van der Waals surface area contributed by atoms with E-state index < -0.39 is 13.5 Å². The van der Waals surface area contributed by atoms with Gasteiger partial charge < -0.3 is 17.7 Å². The van der Waals surface area contributed by atoms with Crippen LogP contribution >= 0.6 is 0 Å². The zero-order valence-electron chi connectivity index (χ0n) is 15.5. The third kappa shape index (κ3) is 6.73. The van der Waals surface area contributed by atoms with E-state index in [1.165, 1.54) is 0 Å². The van der Waals surface area contributed by atoms with Crippen molar-refractivity contribution < 1.29 is 69.1 Å². The van der Waals surface area contributed by atoms with Crippen LogP contribution in [0, 0.1) is 0 Å². The van der Waals surface area contributed by atoms with Crippen LogP contribution in [0.1, 0.15) is 65.5 Å². The predicted molar refractivity (Wildman–Crippen MR) is 87.6 cm³/mol. The van der Waals surface area contributed by atoms with Crippen molar-refractivity contribution in [3.05, 3.63) is 29.3 Å². The number of hydrogen-bond donors (Lipinski definition) is 0. The fraction of sp³-hybridized carbons (Fsp3) is 0.647. The zero-order valence-corrected chi connectivity index (χ0v) is 18.6. The molecule has 0 saturated heterocycles. The first kappa shape index (κ1) is 23.5. The van der Waals surface area contributed by atoms with Crippen molar-refractivity contribution in [1.29, 1.82) is 0 Å². The molecule has 0 fully saturated rings. The molecular weight excluding hydrogens is 327 g/mol. The number of halogens is 3. The first-order valence-corrected chi connectivity index (χ1v) is 7.92. The average molecular weight is 354 g/mol. The standard InChI is InChI=1S/C17H27BF3O.K/c1-7-16(3,4)13-9-10-15(22-12-18(19,20)21)14(11-13)17(5,6)8-2;/h9-11H,7-8,12H2,1-6H3;/q-1;+1. The maximum Gasteiger partial charge on any atom is 1.00 e. The minimum atomic E-state index is -4.95. The Morgan fingerprint density at radius 1 is 0.957 bits per heavy atom. The molecule has 1 nitrogen and oxygen atoms in total. The molecule has 126 valence electrons. The van der Waals surface area contributed by atoms with E-state index in [1.807, 2.05) is 32.9 Å². The van der Waals surface area contributed by atoms with Gasteiger partial charge in [-0.05, 0) is 40.9 Å². The molecule has 0 bridgehead atoms. The van der Waals surface area contributed by atoms with E-state index in [-0.39, 0.29) is 62.2 Å². The van der Waals surface area contributed by atoms with Gasteiger partial charge >= 0.3 is 58.4 Å². The van der Waals surface area contributed by atoms with Crippen LogP contribution in [-0.2, 0) is 10.8 Å². The van der Waals surface area contributed by atoms with Gasteiger partial charge in [0.1, 0.15) is 5.75 Å². The number of hydrogen-bond acceptors (Lipinski definition) is 1. The quantitative estimate of drug-likeness (QED) is 0.685. The molecule has 0 spiro atoms. The molecule has 1 aromatic carbocycles. The van der Waals surface area contributed by atoms with E-state index in [0.717, 1.165) is 24.0 Å².